The van der Waals surface area contributed by atoms with Crippen molar-refractivity contribution >= 4 is 131 Å². The molecule has 0 spiro atoms. The second kappa shape index (κ2) is 28.2. The summed E-state index contributed by atoms with van der Waals surface area (Å²) in [6.07, 6.45) is 1.75. The van der Waals surface area contributed by atoms with E-state index in [1.54, 1.807) is 0 Å². The van der Waals surface area contributed by atoms with Crippen molar-refractivity contribution in [3.8, 4) is 124 Å². The summed E-state index contributed by atoms with van der Waals surface area (Å²) in [4.78, 5) is 30.0. The van der Waals surface area contributed by atoms with E-state index in [-0.39, 0.29) is 0 Å². The first-order valence-corrected chi connectivity index (χ1v) is 43.3. The molecule has 8 aromatic heterocycles. The Labute approximate surface area is 730 Å². The minimum Gasteiger partial charge on any atom is -0.452 e. The van der Waals surface area contributed by atoms with Crippen LogP contribution in [0.3, 0.4) is 0 Å². The summed E-state index contributed by atoms with van der Waals surface area (Å²) in [5.41, 5.74) is 33.5. The highest BCUT2D eigenvalue weighted by Crippen LogP contribution is 2.49. The predicted octanol–water partition coefficient (Wildman–Crippen LogP) is 30.0. The van der Waals surface area contributed by atoms with Gasteiger partial charge in [-0.25, -0.2) is 29.9 Å². The number of benzene rings is 18. The number of rotatable bonds is 10. The van der Waals surface area contributed by atoms with Crippen molar-refractivity contribution < 1.29 is 17.7 Å². The predicted molar refractivity (Wildman–Crippen MR) is 517 cm³/mol. The van der Waals surface area contributed by atoms with Crippen LogP contribution in [-0.2, 0) is 12.8 Å². The van der Waals surface area contributed by atoms with Crippen LogP contribution in [0.5, 0.6) is 0 Å². The zero-order chi connectivity index (χ0) is 83.8. The molecule has 2 aliphatic carbocycles. The summed E-state index contributed by atoms with van der Waals surface area (Å²) in [5, 5.41) is 13.3. The van der Waals surface area contributed by atoms with E-state index >= 15 is 0 Å². The lowest BCUT2D eigenvalue weighted by Gasteiger charge is -2.12. The van der Waals surface area contributed by atoms with Crippen molar-refractivity contribution in [2.75, 3.05) is 0 Å². The van der Waals surface area contributed by atoms with Crippen LogP contribution in [0.1, 0.15) is 22.3 Å². The Morgan fingerprint density at radius 1 is 0.172 bits per heavy atom. The van der Waals surface area contributed by atoms with Gasteiger partial charge in [0.15, 0.2) is 57.3 Å². The molecule has 0 aliphatic heterocycles. The fourth-order valence-corrected chi connectivity index (χ4v) is 20.1. The molecule has 128 heavy (non-hydrogen) atoms. The quantitative estimate of drug-likeness (QED) is 0.130. The molecule has 0 radical (unpaired) electrons. The minimum absolute atomic E-state index is 0.652. The average molecular weight is 1640 g/mol. The lowest BCUT2D eigenvalue weighted by Crippen LogP contribution is -2.00. The molecule has 0 fully saturated rings. The van der Waals surface area contributed by atoms with Crippen molar-refractivity contribution in [3.63, 3.8) is 0 Å². The van der Waals surface area contributed by atoms with E-state index in [1.807, 2.05) is 158 Å². The molecule has 0 saturated carbocycles. The number of furan rings is 4. The molecule has 12 heteroatoms. The van der Waals surface area contributed by atoms with Gasteiger partial charge < -0.3 is 26.8 Å². The molecule has 28 rings (SSSR count). The molecule has 2 aliphatic rings. The summed E-state index contributed by atoms with van der Waals surface area (Å²) < 4.78 is 31.2. The lowest BCUT2D eigenvalue weighted by atomic mass is 10.00. The fraction of sp³-hybridized carbons (Fsp3) is 0.0172. The molecule has 12 nitrogen and oxygen atoms in total. The molecule has 18 aromatic carbocycles. The van der Waals surface area contributed by atoms with Crippen LogP contribution in [0.15, 0.2) is 406 Å². The van der Waals surface area contributed by atoms with E-state index in [9.17, 15) is 0 Å². The number of aromatic nitrogens is 8. The fourth-order valence-electron chi connectivity index (χ4n) is 20.1. The van der Waals surface area contributed by atoms with Gasteiger partial charge >= 0.3 is 0 Å². The molecule has 0 N–H and O–H groups in total. The highest BCUT2D eigenvalue weighted by atomic mass is 16.4. The Kier molecular flexibility index (Phi) is 15.7. The molecular weight excluding hydrogens is 1570 g/mol. The largest absolute Gasteiger partial charge is 0.452 e. The van der Waals surface area contributed by atoms with Gasteiger partial charge in [0.1, 0.15) is 22.3 Å². The number of fused-ring (bicyclic) bond motifs is 26. The SMILES string of the molecule is c1ccc(-c2nc(-c3ccccc3)nc(-c3ccc4c(c3)-c3cc(-n5c6ccccc6c6cc(-c7cccc8c7oc7c8ccc8c9ccccc9oc87)ccc65)ccc3C4)n2)cc1.c1ccc(-c2nc(-c3ccccc3)nc(-c3ccc4c(c3)-c3cc(-n5c6ccccc6c6cc(-c7cccc8c7oc7c8ccc8c9ccccc9oc87)ccc65)ccc3C4)n2)cc1. The maximum atomic E-state index is 6.81. The summed E-state index contributed by atoms with van der Waals surface area (Å²) in [6.45, 7) is 0. The summed E-state index contributed by atoms with van der Waals surface area (Å²) in [6, 6.07) is 137. The smallest absolute Gasteiger partial charge is 0.178 e. The number of hydrogen-bond donors (Lipinski definition) is 0. The normalized spacial score (nSPS) is 12.3. The third-order valence-corrected chi connectivity index (χ3v) is 26.2. The second-order valence-electron chi connectivity index (χ2n) is 33.4. The van der Waals surface area contributed by atoms with Crippen LogP contribution in [0.2, 0.25) is 0 Å². The highest BCUT2D eigenvalue weighted by Gasteiger charge is 2.29. The van der Waals surface area contributed by atoms with E-state index in [0.717, 1.165) is 190 Å². The molecule has 0 bridgehead atoms. The van der Waals surface area contributed by atoms with Gasteiger partial charge in [-0.05, 0) is 178 Å². The Bertz CT molecular complexity index is 8510. The van der Waals surface area contributed by atoms with Gasteiger partial charge in [0, 0.05) is 121 Å². The van der Waals surface area contributed by atoms with Gasteiger partial charge in [-0.15, -0.1) is 0 Å². The van der Waals surface area contributed by atoms with Crippen molar-refractivity contribution in [1.82, 2.24) is 39.0 Å². The third-order valence-electron chi connectivity index (χ3n) is 26.2. The zero-order valence-electron chi connectivity index (χ0n) is 68.6. The van der Waals surface area contributed by atoms with E-state index in [2.05, 4.69) is 240 Å². The first-order chi connectivity index (χ1) is 63.4. The molecule has 0 unspecified atom stereocenters. The van der Waals surface area contributed by atoms with E-state index in [0.29, 0.717) is 34.9 Å². The monoisotopic (exact) mass is 1640 g/mol. The number of nitrogens with zero attached hydrogens (tertiary/aromatic N) is 8. The Balaban J connectivity index is 0.000000132. The minimum atomic E-state index is 0.652. The summed E-state index contributed by atoms with van der Waals surface area (Å²) >= 11 is 0. The van der Waals surface area contributed by atoms with Crippen molar-refractivity contribution in [2.24, 2.45) is 0 Å². The van der Waals surface area contributed by atoms with Crippen LogP contribution in [0.4, 0.5) is 0 Å². The van der Waals surface area contributed by atoms with Gasteiger partial charge in [-0.1, -0.05) is 279 Å². The molecule has 0 amide bonds. The van der Waals surface area contributed by atoms with Crippen molar-refractivity contribution in [3.05, 3.63) is 411 Å². The van der Waals surface area contributed by atoms with Gasteiger partial charge in [0.2, 0.25) is 0 Å². The number of para-hydroxylation sites is 6. The van der Waals surface area contributed by atoms with Gasteiger partial charge in [-0.2, -0.15) is 0 Å². The number of hydrogen-bond acceptors (Lipinski definition) is 10. The van der Waals surface area contributed by atoms with Crippen LogP contribution >= 0.6 is 0 Å². The first-order valence-electron chi connectivity index (χ1n) is 43.3. The van der Waals surface area contributed by atoms with Gasteiger partial charge in [0.25, 0.3) is 0 Å². The summed E-state index contributed by atoms with van der Waals surface area (Å²) in [5.74, 6) is 3.92. The standard InChI is InChI=1S/2C58H34N4O2/c2*1-3-12-34(13-4-1)56-59-57(35-14-5-2-6-15-35)61-58(60-56)39-23-22-36-30-37-24-26-40(33-48(37)47(36)32-39)62-50-20-9-7-16-42(50)49-31-38(25-29-51(49)62)41-18-11-19-44-46-28-27-45-43-17-8-10-21-52(43)63-54(45)55(46)64-53(41)44/h2*1-29,31-33H,30H2. The molecule has 0 saturated heterocycles. The summed E-state index contributed by atoms with van der Waals surface area (Å²) in [7, 11) is 0. The molecule has 26 aromatic rings. The maximum Gasteiger partial charge on any atom is 0.178 e. The van der Waals surface area contributed by atoms with E-state index in [1.165, 1.54) is 66.1 Å². The van der Waals surface area contributed by atoms with Gasteiger partial charge in [-0.3, -0.25) is 0 Å². The highest BCUT2D eigenvalue weighted by molar-refractivity contribution is 6.23. The topological polar surface area (TPSA) is 140 Å². The van der Waals surface area contributed by atoms with Gasteiger partial charge in [0.05, 0.1) is 22.1 Å². The van der Waals surface area contributed by atoms with E-state index in [4.69, 9.17) is 47.6 Å². The Morgan fingerprint density at radius 3 is 0.852 bits per heavy atom. The molecule has 596 valence electrons. The first kappa shape index (κ1) is 71.4. The average Bonchev–Trinajstić information content (AvgIpc) is 1.57. The maximum absolute atomic E-state index is 6.81. The Morgan fingerprint density at radius 2 is 0.461 bits per heavy atom. The van der Waals surface area contributed by atoms with Crippen molar-refractivity contribution in [2.45, 2.75) is 12.8 Å². The zero-order valence-corrected chi connectivity index (χ0v) is 68.6. The molecular formula is C116H68N8O4. The van der Waals surface area contributed by atoms with Crippen LogP contribution in [0, 0.1) is 0 Å². The molecule has 0 atom stereocenters. The van der Waals surface area contributed by atoms with Crippen LogP contribution in [-0.4, -0.2) is 39.0 Å². The Hall–Kier alpha value is -17.2. The van der Waals surface area contributed by atoms with E-state index < -0.39 is 0 Å². The third kappa shape index (κ3) is 11.3. The van der Waals surface area contributed by atoms with Crippen LogP contribution < -0.4 is 0 Å². The van der Waals surface area contributed by atoms with Crippen LogP contribution in [0.25, 0.3) is 256 Å². The second-order valence-corrected chi connectivity index (χ2v) is 33.4. The van der Waals surface area contributed by atoms with Crippen molar-refractivity contribution in [1.29, 1.82) is 0 Å². The molecule has 8 heterocycles. The lowest BCUT2D eigenvalue weighted by molar-refractivity contribution is 0.634.